The van der Waals surface area contributed by atoms with E-state index in [1.54, 1.807) is 18.2 Å². The van der Waals surface area contributed by atoms with Crippen molar-refractivity contribution < 1.29 is 4.79 Å². The molecule has 0 atom stereocenters. The molecule has 0 radical (unpaired) electrons. The van der Waals surface area contributed by atoms with Crippen LogP contribution in [0.1, 0.15) is 18.1 Å². The van der Waals surface area contributed by atoms with Crippen LogP contribution in [0.2, 0.25) is 0 Å². The molecule has 0 aliphatic heterocycles. The first-order valence-corrected chi connectivity index (χ1v) is 5.33. The Morgan fingerprint density at radius 2 is 2.20 bits per heavy atom. The first-order valence-electron chi connectivity index (χ1n) is 4.35. The molecular weight excluding hydrogens is 206 g/mol. The molecular formula is C12H9NOS. The van der Waals surface area contributed by atoms with E-state index in [4.69, 9.17) is 5.26 Å². The van der Waals surface area contributed by atoms with Gasteiger partial charge in [-0.25, -0.2) is 0 Å². The van der Waals surface area contributed by atoms with Crippen LogP contribution in [0.15, 0.2) is 24.3 Å². The predicted molar refractivity (Wildman–Crippen MR) is 61.2 cm³/mol. The molecule has 0 heterocycles. The van der Waals surface area contributed by atoms with Crippen molar-refractivity contribution in [1.29, 1.82) is 5.26 Å². The molecule has 1 rings (SSSR count). The lowest BCUT2D eigenvalue weighted by Crippen LogP contribution is -1.82. The van der Waals surface area contributed by atoms with Gasteiger partial charge in [0, 0.05) is 12.5 Å². The molecule has 15 heavy (non-hydrogen) atoms. The summed E-state index contributed by atoms with van der Waals surface area (Å²) in [7, 11) is 0. The zero-order valence-electron chi connectivity index (χ0n) is 8.28. The van der Waals surface area contributed by atoms with E-state index in [1.807, 2.05) is 12.1 Å². The van der Waals surface area contributed by atoms with Gasteiger partial charge in [-0.3, -0.25) is 4.79 Å². The van der Waals surface area contributed by atoms with E-state index >= 15 is 0 Å². The zero-order valence-corrected chi connectivity index (χ0v) is 9.10. The van der Waals surface area contributed by atoms with Gasteiger partial charge in [-0.05, 0) is 18.2 Å². The molecule has 1 aromatic rings. The highest BCUT2D eigenvalue weighted by atomic mass is 32.2. The zero-order chi connectivity index (χ0) is 11.1. The van der Waals surface area contributed by atoms with Gasteiger partial charge in [0.05, 0.1) is 17.4 Å². The molecule has 74 valence electrons. The number of benzene rings is 1. The number of hydrogen-bond donors (Lipinski definition) is 0. The summed E-state index contributed by atoms with van der Waals surface area (Å²) in [5, 5.41) is 8.72. The van der Waals surface area contributed by atoms with Crippen LogP contribution in [0.25, 0.3) is 0 Å². The first-order chi connectivity index (χ1) is 7.22. The molecule has 0 bridgehead atoms. The second-order valence-corrected chi connectivity index (χ2v) is 3.93. The van der Waals surface area contributed by atoms with Gasteiger partial charge in [-0.15, -0.1) is 0 Å². The Labute approximate surface area is 93.3 Å². The highest BCUT2D eigenvalue weighted by Crippen LogP contribution is 2.03. The monoisotopic (exact) mass is 215 g/mol. The molecule has 2 nitrogen and oxygen atoms in total. The number of rotatable bonds is 1. The molecule has 1 aromatic carbocycles. The van der Waals surface area contributed by atoms with E-state index in [2.05, 4.69) is 11.8 Å². The van der Waals surface area contributed by atoms with Crippen LogP contribution in [0.3, 0.4) is 0 Å². The van der Waals surface area contributed by atoms with Crippen molar-refractivity contribution >= 4 is 16.9 Å². The molecule has 0 saturated heterocycles. The summed E-state index contributed by atoms with van der Waals surface area (Å²) in [5.41, 5.74) is 1.40. The molecule has 0 aliphatic carbocycles. The summed E-state index contributed by atoms with van der Waals surface area (Å²) >= 11 is 1.18. The molecule has 0 fully saturated rings. The Kier molecular flexibility index (Phi) is 4.47. The SMILES string of the molecule is CC(=O)SCC#Cc1cccc(C#N)c1. The molecule has 0 amide bonds. The Balaban J connectivity index is 2.64. The van der Waals surface area contributed by atoms with Crippen molar-refractivity contribution in [2.75, 3.05) is 5.75 Å². The van der Waals surface area contributed by atoms with Gasteiger partial charge in [0.25, 0.3) is 0 Å². The van der Waals surface area contributed by atoms with Gasteiger partial charge in [0.1, 0.15) is 0 Å². The molecule has 0 N–H and O–H groups in total. The number of thioether (sulfide) groups is 1. The number of carbonyl (C=O) groups excluding carboxylic acids is 1. The molecule has 0 unspecified atom stereocenters. The van der Waals surface area contributed by atoms with Gasteiger partial charge < -0.3 is 0 Å². The molecule has 3 heteroatoms. The van der Waals surface area contributed by atoms with Crippen molar-refractivity contribution in [1.82, 2.24) is 0 Å². The van der Waals surface area contributed by atoms with Crippen LogP contribution < -0.4 is 0 Å². The minimum absolute atomic E-state index is 0.0649. The standard InChI is InChI=1S/C12H9NOS/c1-10(14)15-7-3-6-11-4-2-5-12(8-11)9-13/h2,4-5,8H,7H2,1H3. The fourth-order valence-corrected chi connectivity index (χ4v) is 1.29. The largest absolute Gasteiger partial charge is 0.288 e. The van der Waals surface area contributed by atoms with E-state index in [1.165, 1.54) is 18.7 Å². The first kappa shape index (κ1) is 11.4. The van der Waals surface area contributed by atoms with E-state index in [9.17, 15) is 4.79 Å². The third-order valence-electron chi connectivity index (χ3n) is 1.57. The molecule has 0 saturated carbocycles. The topological polar surface area (TPSA) is 40.9 Å². The number of carbonyl (C=O) groups is 1. The van der Waals surface area contributed by atoms with Crippen molar-refractivity contribution in [2.45, 2.75) is 6.92 Å². The second kappa shape index (κ2) is 5.90. The third kappa shape index (κ3) is 4.35. The highest BCUT2D eigenvalue weighted by Gasteiger charge is 1.91. The summed E-state index contributed by atoms with van der Waals surface area (Å²) in [6.07, 6.45) is 0. The summed E-state index contributed by atoms with van der Waals surface area (Å²) in [4.78, 5) is 10.6. The van der Waals surface area contributed by atoms with Gasteiger partial charge in [-0.2, -0.15) is 5.26 Å². The average Bonchev–Trinajstić information content (AvgIpc) is 2.24. The lowest BCUT2D eigenvalue weighted by atomic mass is 10.1. The van der Waals surface area contributed by atoms with Crippen LogP contribution in [-0.4, -0.2) is 10.9 Å². The smallest absolute Gasteiger partial charge is 0.186 e. The fourth-order valence-electron chi connectivity index (χ4n) is 0.942. The predicted octanol–water partition coefficient (Wildman–Crippen LogP) is 2.19. The maximum absolute atomic E-state index is 10.6. The van der Waals surface area contributed by atoms with Crippen LogP contribution >= 0.6 is 11.8 Å². The minimum Gasteiger partial charge on any atom is -0.288 e. The van der Waals surface area contributed by atoms with Gasteiger partial charge >= 0.3 is 0 Å². The Hall–Kier alpha value is -1.71. The molecule has 0 spiro atoms. The quantitative estimate of drug-likeness (QED) is 0.674. The van der Waals surface area contributed by atoms with Crippen LogP contribution in [0.4, 0.5) is 0 Å². The highest BCUT2D eigenvalue weighted by molar-refractivity contribution is 8.13. The van der Waals surface area contributed by atoms with Gasteiger partial charge in [-0.1, -0.05) is 29.7 Å². The van der Waals surface area contributed by atoms with E-state index in [-0.39, 0.29) is 5.12 Å². The van der Waals surface area contributed by atoms with E-state index < -0.39 is 0 Å². The van der Waals surface area contributed by atoms with Crippen molar-refractivity contribution in [3.05, 3.63) is 35.4 Å². The van der Waals surface area contributed by atoms with Crippen molar-refractivity contribution in [2.24, 2.45) is 0 Å². The maximum atomic E-state index is 10.6. The van der Waals surface area contributed by atoms with E-state index in [0.29, 0.717) is 11.3 Å². The number of nitriles is 1. The molecule has 0 aromatic heterocycles. The summed E-state index contributed by atoms with van der Waals surface area (Å²) in [5.74, 6) is 6.26. The minimum atomic E-state index is 0.0649. The lowest BCUT2D eigenvalue weighted by molar-refractivity contribution is -0.109. The van der Waals surface area contributed by atoms with Crippen molar-refractivity contribution in [3.8, 4) is 17.9 Å². The molecule has 0 aliphatic rings. The maximum Gasteiger partial charge on any atom is 0.186 e. The van der Waals surface area contributed by atoms with Crippen molar-refractivity contribution in [3.63, 3.8) is 0 Å². The normalized spacial score (nSPS) is 8.53. The summed E-state index contributed by atoms with van der Waals surface area (Å²) in [6.45, 7) is 1.52. The van der Waals surface area contributed by atoms with Crippen LogP contribution in [0.5, 0.6) is 0 Å². The third-order valence-corrected chi connectivity index (χ3v) is 2.27. The Morgan fingerprint density at radius 1 is 1.47 bits per heavy atom. The van der Waals surface area contributed by atoms with Crippen LogP contribution in [0, 0.1) is 23.2 Å². The fraction of sp³-hybridized carbons (Fsp3) is 0.167. The van der Waals surface area contributed by atoms with Gasteiger partial charge in [0.2, 0.25) is 0 Å². The summed E-state index contributed by atoms with van der Waals surface area (Å²) in [6, 6.07) is 9.14. The number of nitrogens with zero attached hydrogens (tertiary/aromatic N) is 1. The second-order valence-electron chi connectivity index (χ2n) is 2.77. The Morgan fingerprint density at radius 3 is 2.87 bits per heavy atom. The summed E-state index contributed by atoms with van der Waals surface area (Å²) < 4.78 is 0. The van der Waals surface area contributed by atoms with Crippen LogP contribution in [-0.2, 0) is 4.79 Å². The van der Waals surface area contributed by atoms with Gasteiger partial charge in [0.15, 0.2) is 5.12 Å². The average molecular weight is 215 g/mol. The number of hydrogen-bond acceptors (Lipinski definition) is 3. The lowest BCUT2D eigenvalue weighted by Gasteiger charge is -1.90. The van der Waals surface area contributed by atoms with E-state index in [0.717, 1.165) is 5.56 Å². The Bertz CT molecular complexity index is 462.